The fourth-order valence-electron chi connectivity index (χ4n) is 1.58. The molecule has 0 unspecified atom stereocenters. The molecule has 0 saturated heterocycles. The minimum atomic E-state index is -0.272. The smallest absolute Gasteiger partial charge is 0.129 e. The van der Waals surface area contributed by atoms with Crippen LogP contribution in [0.1, 0.15) is 11.1 Å². The lowest BCUT2D eigenvalue weighted by molar-refractivity contribution is 0.282. The Balaban J connectivity index is 2.11. The molecule has 1 aromatic heterocycles. The average molecular weight is 311 g/mol. The summed E-state index contributed by atoms with van der Waals surface area (Å²) in [7, 11) is 0. The van der Waals surface area contributed by atoms with E-state index in [4.69, 9.17) is 5.11 Å². The second-order valence-corrected chi connectivity index (χ2v) is 4.70. The molecule has 0 aliphatic heterocycles. The van der Waals surface area contributed by atoms with Gasteiger partial charge in [0.2, 0.25) is 0 Å². The van der Waals surface area contributed by atoms with Crippen LogP contribution in [0.25, 0.3) is 0 Å². The predicted molar refractivity (Wildman–Crippen MR) is 71.6 cm³/mol. The van der Waals surface area contributed by atoms with E-state index in [9.17, 15) is 4.39 Å². The summed E-state index contributed by atoms with van der Waals surface area (Å²) in [4.78, 5) is 3.97. The molecule has 18 heavy (non-hydrogen) atoms. The van der Waals surface area contributed by atoms with Gasteiger partial charge in [-0.2, -0.15) is 0 Å². The van der Waals surface area contributed by atoms with E-state index >= 15 is 0 Å². The molecule has 0 radical (unpaired) electrons. The number of benzene rings is 1. The van der Waals surface area contributed by atoms with Gasteiger partial charge in [0.05, 0.1) is 18.5 Å². The van der Waals surface area contributed by atoms with E-state index in [0.29, 0.717) is 22.3 Å². The molecule has 0 spiro atoms. The highest BCUT2D eigenvalue weighted by Gasteiger charge is 2.04. The first-order chi connectivity index (χ1) is 8.70. The van der Waals surface area contributed by atoms with Crippen molar-refractivity contribution in [3.8, 4) is 0 Å². The highest BCUT2D eigenvalue weighted by Crippen LogP contribution is 2.18. The van der Waals surface area contributed by atoms with Gasteiger partial charge < -0.3 is 10.4 Å². The largest absolute Gasteiger partial charge is 0.392 e. The normalized spacial score (nSPS) is 10.4. The highest BCUT2D eigenvalue weighted by atomic mass is 79.9. The topological polar surface area (TPSA) is 45.2 Å². The van der Waals surface area contributed by atoms with Gasteiger partial charge in [0.25, 0.3) is 0 Å². The lowest BCUT2D eigenvalue weighted by Crippen LogP contribution is -2.04. The van der Waals surface area contributed by atoms with Crippen LogP contribution in [-0.4, -0.2) is 10.1 Å². The first kappa shape index (κ1) is 13.0. The second-order valence-electron chi connectivity index (χ2n) is 3.78. The molecular formula is C13H12BrFN2O. The minimum absolute atomic E-state index is 0.0757. The minimum Gasteiger partial charge on any atom is -0.392 e. The molecule has 0 saturated carbocycles. The third kappa shape index (κ3) is 3.05. The van der Waals surface area contributed by atoms with Crippen LogP contribution in [0.5, 0.6) is 0 Å². The highest BCUT2D eigenvalue weighted by molar-refractivity contribution is 9.10. The van der Waals surface area contributed by atoms with Gasteiger partial charge in [-0.25, -0.2) is 4.39 Å². The molecule has 2 N–H and O–H groups in total. The summed E-state index contributed by atoms with van der Waals surface area (Å²) < 4.78 is 14.3. The third-order valence-corrected chi connectivity index (χ3v) is 3.06. The van der Waals surface area contributed by atoms with Gasteiger partial charge in [-0.15, -0.1) is 0 Å². The van der Waals surface area contributed by atoms with Crippen molar-refractivity contribution in [3.63, 3.8) is 0 Å². The molecule has 0 aliphatic rings. The van der Waals surface area contributed by atoms with Gasteiger partial charge >= 0.3 is 0 Å². The van der Waals surface area contributed by atoms with Crippen molar-refractivity contribution in [1.82, 2.24) is 4.98 Å². The number of nitrogens with one attached hydrogen (secondary N) is 1. The number of pyridine rings is 1. The average Bonchev–Trinajstić information content (AvgIpc) is 2.38. The molecular weight excluding hydrogens is 299 g/mol. The van der Waals surface area contributed by atoms with Crippen LogP contribution in [0.3, 0.4) is 0 Å². The number of aliphatic hydroxyl groups is 1. The zero-order valence-corrected chi connectivity index (χ0v) is 11.1. The Hall–Kier alpha value is -1.46. The summed E-state index contributed by atoms with van der Waals surface area (Å²) in [6.45, 7) is 0.269. The molecule has 1 aromatic carbocycles. The molecule has 2 rings (SSSR count). The van der Waals surface area contributed by atoms with Crippen LogP contribution in [-0.2, 0) is 13.2 Å². The van der Waals surface area contributed by atoms with Gasteiger partial charge in [-0.3, -0.25) is 4.98 Å². The Bertz CT molecular complexity index is 548. The van der Waals surface area contributed by atoms with E-state index in [1.54, 1.807) is 30.6 Å². The molecule has 3 nitrogen and oxygen atoms in total. The SMILES string of the molecule is OCc1ccncc1NCc1ccc(Br)cc1F. The lowest BCUT2D eigenvalue weighted by atomic mass is 10.2. The quantitative estimate of drug-likeness (QED) is 0.912. The number of nitrogens with zero attached hydrogens (tertiary/aromatic N) is 1. The monoisotopic (exact) mass is 310 g/mol. The predicted octanol–water partition coefficient (Wildman–Crippen LogP) is 3.09. The number of halogens is 2. The molecule has 5 heteroatoms. The summed E-state index contributed by atoms with van der Waals surface area (Å²) in [5.74, 6) is -0.272. The van der Waals surface area contributed by atoms with Crippen LogP contribution >= 0.6 is 15.9 Å². The summed E-state index contributed by atoms with van der Waals surface area (Å²) in [6.07, 6.45) is 3.22. The Morgan fingerprint density at radius 2 is 2.11 bits per heavy atom. The van der Waals surface area contributed by atoms with Crippen LogP contribution in [0.15, 0.2) is 41.1 Å². The van der Waals surface area contributed by atoms with Gasteiger partial charge in [0.1, 0.15) is 5.82 Å². The van der Waals surface area contributed by atoms with Crippen LogP contribution in [0.2, 0.25) is 0 Å². The number of aromatic nitrogens is 1. The number of hydrogen-bond acceptors (Lipinski definition) is 3. The molecule has 0 aliphatic carbocycles. The summed E-state index contributed by atoms with van der Waals surface area (Å²) in [5.41, 5.74) is 2.01. The number of anilines is 1. The maximum Gasteiger partial charge on any atom is 0.129 e. The number of hydrogen-bond donors (Lipinski definition) is 2. The van der Waals surface area contributed by atoms with E-state index in [1.165, 1.54) is 6.07 Å². The third-order valence-electron chi connectivity index (χ3n) is 2.57. The summed E-state index contributed by atoms with van der Waals surface area (Å²) in [6, 6.07) is 6.64. The van der Waals surface area contributed by atoms with Crippen molar-refractivity contribution >= 4 is 21.6 Å². The maximum absolute atomic E-state index is 13.6. The van der Waals surface area contributed by atoms with Gasteiger partial charge in [-0.05, 0) is 18.2 Å². The Morgan fingerprint density at radius 1 is 1.28 bits per heavy atom. The van der Waals surface area contributed by atoms with Crippen molar-refractivity contribution in [3.05, 3.63) is 58.1 Å². The fraction of sp³-hybridized carbons (Fsp3) is 0.154. The molecule has 0 bridgehead atoms. The van der Waals surface area contributed by atoms with E-state index in [2.05, 4.69) is 26.2 Å². The standard InChI is InChI=1S/C13H12BrFN2O/c14-11-2-1-9(12(15)5-11)6-17-13-7-16-4-3-10(13)8-18/h1-5,7,17-18H,6,8H2. The lowest BCUT2D eigenvalue weighted by Gasteiger charge is -2.10. The molecule has 0 fully saturated rings. The zero-order valence-electron chi connectivity index (χ0n) is 9.53. The van der Waals surface area contributed by atoms with Crippen LogP contribution < -0.4 is 5.32 Å². The molecule has 0 amide bonds. The Morgan fingerprint density at radius 3 is 2.83 bits per heavy atom. The van der Waals surface area contributed by atoms with Gasteiger partial charge in [0.15, 0.2) is 0 Å². The Labute approximate surface area is 113 Å². The number of rotatable bonds is 4. The second kappa shape index (κ2) is 5.93. The summed E-state index contributed by atoms with van der Waals surface area (Å²) >= 11 is 3.21. The first-order valence-corrected chi connectivity index (χ1v) is 6.21. The first-order valence-electron chi connectivity index (χ1n) is 5.42. The molecule has 2 aromatic rings. The molecule has 0 atom stereocenters. The van der Waals surface area contributed by atoms with E-state index < -0.39 is 0 Å². The van der Waals surface area contributed by atoms with E-state index in [0.717, 1.165) is 5.56 Å². The van der Waals surface area contributed by atoms with Crippen molar-refractivity contribution in [1.29, 1.82) is 0 Å². The molecule has 94 valence electrons. The summed E-state index contributed by atoms with van der Waals surface area (Å²) in [5, 5.41) is 12.2. The van der Waals surface area contributed by atoms with Crippen LogP contribution in [0.4, 0.5) is 10.1 Å². The van der Waals surface area contributed by atoms with Crippen molar-refractivity contribution in [2.45, 2.75) is 13.2 Å². The fourth-order valence-corrected chi connectivity index (χ4v) is 1.91. The van der Waals surface area contributed by atoms with Crippen molar-refractivity contribution < 1.29 is 9.50 Å². The van der Waals surface area contributed by atoms with Gasteiger partial charge in [-0.1, -0.05) is 22.0 Å². The van der Waals surface area contributed by atoms with Gasteiger partial charge in [0, 0.05) is 28.3 Å². The van der Waals surface area contributed by atoms with E-state index in [-0.39, 0.29) is 12.4 Å². The zero-order chi connectivity index (χ0) is 13.0. The number of aliphatic hydroxyl groups excluding tert-OH is 1. The maximum atomic E-state index is 13.6. The van der Waals surface area contributed by atoms with Crippen LogP contribution in [0, 0.1) is 5.82 Å². The molecule has 1 heterocycles. The van der Waals surface area contributed by atoms with Crippen molar-refractivity contribution in [2.75, 3.05) is 5.32 Å². The van der Waals surface area contributed by atoms with Crippen molar-refractivity contribution in [2.24, 2.45) is 0 Å². The van der Waals surface area contributed by atoms with E-state index in [1.807, 2.05) is 0 Å². The Kier molecular flexibility index (Phi) is 4.28.